The highest BCUT2D eigenvalue weighted by Gasteiger charge is 2.48. The maximum absolute atomic E-state index is 13.4. The van der Waals surface area contributed by atoms with Gasteiger partial charge in [0.15, 0.2) is 0 Å². The lowest BCUT2D eigenvalue weighted by molar-refractivity contribution is -0.136. The summed E-state index contributed by atoms with van der Waals surface area (Å²) in [5.41, 5.74) is 4.58. The zero-order chi connectivity index (χ0) is 41.4. The van der Waals surface area contributed by atoms with Crippen molar-refractivity contribution in [2.45, 2.75) is 44.7 Å². The number of imide groups is 2. The fourth-order valence-electron chi connectivity index (χ4n) is 10.2. The van der Waals surface area contributed by atoms with Gasteiger partial charge in [0.05, 0.1) is 36.3 Å². The smallest absolute Gasteiger partial charge is 0.262 e. The zero-order valence-corrected chi connectivity index (χ0v) is 34.4. The summed E-state index contributed by atoms with van der Waals surface area (Å²) in [7, 11) is 5.17. The molecule has 0 saturated carbocycles. The number of carbonyl (C=O) groups excluding carboxylic acids is 4. The third kappa shape index (κ3) is 6.49. The Morgan fingerprint density at radius 3 is 2.20 bits per heavy atom. The van der Waals surface area contributed by atoms with Gasteiger partial charge in [-0.2, -0.15) is 0 Å². The first kappa shape index (κ1) is 38.4. The molecular weight excluding hydrogens is 765 g/mol. The highest BCUT2D eigenvalue weighted by atomic mass is 16.5. The van der Waals surface area contributed by atoms with E-state index in [1.165, 1.54) is 0 Å². The van der Waals surface area contributed by atoms with Gasteiger partial charge >= 0.3 is 0 Å². The number of pyridine rings is 2. The third-order valence-corrected chi connectivity index (χ3v) is 13.8. The second kappa shape index (κ2) is 14.7. The molecule has 6 aliphatic heterocycles. The van der Waals surface area contributed by atoms with Crippen molar-refractivity contribution >= 4 is 45.9 Å². The molecule has 4 aromatic rings. The standard InChI is InChI=1S/C45H50N8O7/c1-48-23-34(31-18-39(51-11-4-12-51)46-19-33(31)42(48)56)28-15-37(59-2)35(38(16-28)60-3)24-50-21-27(22-50)20-49-13-9-45(10-14-49)25-52(26-45)29-5-6-30-32(17-29)44(58)53(43(30)57)36-7-8-40(54)47-41(36)55/h5-6,15-19,23,27,36H,4,7-14,20-22,24-26H2,1-3H3,(H,47,54,55). The highest BCUT2D eigenvalue weighted by molar-refractivity contribution is 6.23. The van der Waals surface area contributed by atoms with Crippen LogP contribution in [-0.4, -0.2) is 127 Å². The summed E-state index contributed by atoms with van der Waals surface area (Å²) in [5, 5.41) is 3.71. The number of hydrogen-bond donors (Lipinski definition) is 1. The Bertz CT molecular complexity index is 2490. The number of rotatable bonds is 10. The van der Waals surface area contributed by atoms with Gasteiger partial charge in [0.1, 0.15) is 23.4 Å². The number of nitrogens with one attached hydrogen (secondary N) is 1. The lowest BCUT2D eigenvalue weighted by atomic mass is 9.71. The Hall–Kier alpha value is -5.80. The van der Waals surface area contributed by atoms with Crippen molar-refractivity contribution in [2.75, 3.05) is 82.9 Å². The summed E-state index contributed by atoms with van der Waals surface area (Å²) in [5.74, 6) is 1.07. The van der Waals surface area contributed by atoms with E-state index in [2.05, 4.69) is 42.0 Å². The first-order valence-corrected chi connectivity index (χ1v) is 21.1. The van der Waals surface area contributed by atoms with E-state index in [0.29, 0.717) is 22.4 Å². The number of methoxy groups -OCH3 is 2. The Labute approximate surface area is 347 Å². The Balaban J connectivity index is 0.739. The quantitative estimate of drug-likeness (QED) is 0.234. The number of piperidine rings is 2. The van der Waals surface area contributed by atoms with E-state index in [1.807, 2.05) is 18.3 Å². The molecule has 0 bridgehead atoms. The highest BCUT2D eigenvalue weighted by Crippen LogP contribution is 2.44. The second-order valence-electron chi connectivity index (χ2n) is 17.6. The molecule has 15 heteroatoms. The molecule has 15 nitrogen and oxygen atoms in total. The molecule has 60 heavy (non-hydrogen) atoms. The summed E-state index contributed by atoms with van der Waals surface area (Å²) >= 11 is 0. The van der Waals surface area contributed by atoms with Crippen LogP contribution >= 0.6 is 0 Å². The van der Waals surface area contributed by atoms with Gasteiger partial charge in [-0.3, -0.25) is 39.1 Å². The first-order chi connectivity index (χ1) is 29.0. The topological polar surface area (TPSA) is 150 Å². The van der Waals surface area contributed by atoms with Crippen LogP contribution in [0.4, 0.5) is 11.5 Å². The number of carbonyl (C=O) groups is 4. The van der Waals surface area contributed by atoms with Gasteiger partial charge in [0.25, 0.3) is 17.4 Å². The number of benzene rings is 2. The maximum atomic E-state index is 13.4. The van der Waals surface area contributed by atoms with Gasteiger partial charge in [-0.15, -0.1) is 0 Å². The molecule has 1 spiro atoms. The van der Waals surface area contributed by atoms with Crippen LogP contribution in [0.3, 0.4) is 0 Å². The molecule has 1 N–H and O–H groups in total. The van der Waals surface area contributed by atoms with Crippen molar-refractivity contribution in [2.24, 2.45) is 18.4 Å². The van der Waals surface area contributed by atoms with Crippen molar-refractivity contribution < 1.29 is 28.7 Å². The van der Waals surface area contributed by atoms with Gasteiger partial charge in [0.2, 0.25) is 11.8 Å². The number of likely N-dealkylation sites (tertiary alicyclic amines) is 2. The first-order valence-electron chi connectivity index (χ1n) is 21.1. The Kier molecular flexibility index (Phi) is 9.43. The molecule has 2 aromatic heterocycles. The van der Waals surface area contributed by atoms with Crippen LogP contribution in [0, 0.1) is 11.3 Å². The van der Waals surface area contributed by atoms with Gasteiger partial charge in [-0.05, 0) is 86.7 Å². The Morgan fingerprint density at radius 2 is 1.53 bits per heavy atom. The van der Waals surface area contributed by atoms with Crippen LogP contribution in [0.15, 0.2) is 53.6 Å². The van der Waals surface area contributed by atoms with Crippen LogP contribution in [0.5, 0.6) is 11.5 Å². The van der Waals surface area contributed by atoms with Crippen molar-refractivity contribution in [3.8, 4) is 22.6 Å². The van der Waals surface area contributed by atoms with E-state index in [1.54, 1.807) is 44.2 Å². The van der Waals surface area contributed by atoms with E-state index in [4.69, 9.17) is 9.47 Å². The minimum Gasteiger partial charge on any atom is -0.496 e. The van der Waals surface area contributed by atoms with Gasteiger partial charge < -0.3 is 28.7 Å². The molecule has 5 fully saturated rings. The number of amides is 4. The number of fused-ring (bicyclic) bond motifs is 2. The van der Waals surface area contributed by atoms with Gasteiger partial charge in [0, 0.05) is 100 Å². The lowest BCUT2D eigenvalue weighted by Crippen LogP contribution is -2.61. The number of aryl methyl sites for hydroxylation is 1. The summed E-state index contributed by atoms with van der Waals surface area (Å²) < 4.78 is 13.6. The summed E-state index contributed by atoms with van der Waals surface area (Å²) in [6, 6.07) is 10.6. The minimum atomic E-state index is -0.965. The van der Waals surface area contributed by atoms with Crippen LogP contribution in [0.1, 0.15) is 58.4 Å². The molecule has 312 valence electrons. The van der Waals surface area contributed by atoms with Crippen LogP contribution in [0.2, 0.25) is 0 Å². The molecular formula is C45H50N8O7. The molecule has 5 saturated heterocycles. The molecule has 1 unspecified atom stereocenters. The molecule has 2 aromatic carbocycles. The molecule has 0 aliphatic carbocycles. The van der Waals surface area contributed by atoms with Crippen LogP contribution < -0.4 is 30.1 Å². The van der Waals surface area contributed by atoms with Gasteiger partial charge in [-0.25, -0.2) is 4.98 Å². The monoisotopic (exact) mass is 814 g/mol. The van der Waals surface area contributed by atoms with Crippen molar-refractivity contribution in [1.82, 2.24) is 29.6 Å². The second-order valence-corrected chi connectivity index (χ2v) is 17.6. The normalized spacial score (nSPS) is 21.9. The third-order valence-electron chi connectivity index (χ3n) is 13.8. The SMILES string of the molecule is COc1cc(-c2cn(C)c(=O)c3cnc(N4CCC4)cc23)cc(OC)c1CN1CC(CN2CCC3(CC2)CN(c2ccc4c(c2)C(=O)N(C2CCC(=O)NC2=O)C4=O)C3)C1. The van der Waals surface area contributed by atoms with E-state index >= 15 is 0 Å². The molecule has 8 heterocycles. The van der Waals surface area contributed by atoms with Gasteiger partial charge in [-0.1, -0.05) is 0 Å². The molecule has 6 aliphatic rings. The molecule has 1 atom stereocenters. The van der Waals surface area contributed by atoms with E-state index in [-0.39, 0.29) is 29.7 Å². The number of ether oxygens (including phenoxy) is 2. The van der Waals surface area contributed by atoms with Crippen molar-refractivity contribution in [3.63, 3.8) is 0 Å². The lowest BCUT2D eigenvalue weighted by Gasteiger charge is -2.55. The number of nitrogens with zero attached hydrogens (tertiary/aromatic N) is 7. The number of hydrogen-bond acceptors (Lipinski definition) is 12. The Morgan fingerprint density at radius 1 is 0.817 bits per heavy atom. The fourth-order valence-corrected chi connectivity index (χ4v) is 10.2. The van der Waals surface area contributed by atoms with E-state index in [9.17, 15) is 24.0 Å². The van der Waals surface area contributed by atoms with Crippen LogP contribution in [0.25, 0.3) is 21.9 Å². The average molecular weight is 815 g/mol. The maximum Gasteiger partial charge on any atom is 0.262 e. The van der Waals surface area contributed by atoms with Crippen LogP contribution in [-0.2, 0) is 23.2 Å². The largest absolute Gasteiger partial charge is 0.496 e. The number of anilines is 2. The number of aromatic nitrogens is 2. The summed E-state index contributed by atoms with van der Waals surface area (Å²) in [6.45, 7) is 9.67. The van der Waals surface area contributed by atoms with Crippen molar-refractivity contribution in [3.05, 3.63) is 75.8 Å². The summed E-state index contributed by atoms with van der Waals surface area (Å²) in [4.78, 5) is 79.0. The van der Waals surface area contributed by atoms with Crippen molar-refractivity contribution in [1.29, 1.82) is 0 Å². The predicted molar refractivity (Wildman–Crippen MR) is 225 cm³/mol. The molecule has 4 amide bonds. The minimum absolute atomic E-state index is 0.0761. The van der Waals surface area contributed by atoms with E-state index < -0.39 is 23.8 Å². The predicted octanol–water partition coefficient (Wildman–Crippen LogP) is 3.26. The molecule has 10 rings (SSSR count). The van der Waals surface area contributed by atoms with E-state index in [0.717, 1.165) is 135 Å². The molecule has 0 radical (unpaired) electrons. The summed E-state index contributed by atoms with van der Waals surface area (Å²) in [6.07, 6.45) is 7.22. The fraction of sp³-hybridized carbons (Fsp3) is 0.467. The average Bonchev–Trinajstić information content (AvgIpc) is 3.44. The zero-order valence-electron chi connectivity index (χ0n) is 34.4.